The summed E-state index contributed by atoms with van der Waals surface area (Å²) in [6.45, 7) is 0. The van der Waals surface area contributed by atoms with Gasteiger partial charge in [0.05, 0.1) is 11.4 Å². The maximum atomic E-state index is 14.0. The van der Waals surface area contributed by atoms with Crippen LogP contribution in [0.25, 0.3) is 0 Å². The Balaban J connectivity index is 1.49. The van der Waals surface area contributed by atoms with Gasteiger partial charge in [0.2, 0.25) is 0 Å². The van der Waals surface area contributed by atoms with Gasteiger partial charge in [-0.1, -0.05) is 60.7 Å². The molecule has 0 saturated carbocycles. The fourth-order valence-electron chi connectivity index (χ4n) is 4.67. The Labute approximate surface area is 233 Å². The number of rotatable bonds is 7. The molecule has 206 valence electrons. The molecule has 0 bridgehead atoms. The van der Waals surface area contributed by atoms with E-state index in [2.05, 4.69) is 10.6 Å². The van der Waals surface area contributed by atoms with Crippen LogP contribution in [0.2, 0.25) is 0 Å². The molecule has 0 fully saturated rings. The van der Waals surface area contributed by atoms with Crippen molar-refractivity contribution in [1.29, 1.82) is 0 Å². The molecule has 0 spiro atoms. The molecule has 0 aliphatic carbocycles. The lowest BCUT2D eigenvalue weighted by molar-refractivity contribution is -0.139. The van der Waals surface area contributed by atoms with Gasteiger partial charge in [0.25, 0.3) is 17.7 Å². The second-order valence-corrected chi connectivity index (χ2v) is 9.39. The first-order valence-corrected chi connectivity index (χ1v) is 12.6. The smallest absolute Gasteiger partial charge is 0.326 e. The zero-order valence-electron chi connectivity index (χ0n) is 21.4. The molecule has 0 aromatic heterocycles. The van der Waals surface area contributed by atoms with E-state index in [9.17, 15) is 33.1 Å². The monoisotopic (exact) mass is 555 g/mol. The van der Waals surface area contributed by atoms with E-state index >= 15 is 0 Å². The molecule has 0 saturated heterocycles. The highest BCUT2D eigenvalue weighted by molar-refractivity contribution is 6.17. The lowest BCUT2D eigenvalue weighted by Gasteiger charge is -2.37. The highest BCUT2D eigenvalue weighted by atomic mass is 19.2. The summed E-state index contributed by atoms with van der Waals surface area (Å²) in [6, 6.07) is 21.7. The van der Waals surface area contributed by atoms with Gasteiger partial charge in [-0.05, 0) is 47.5 Å². The summed E-state index contributed by atoms with van der Waals surface area (Å²) in [7, 11) is 0. The summed E-state index contributed by atoms with van der Waals surface area (Å²) >= 11 is 0. The second kappa shape index (κ2) is 11.4. The lowest BCUT2D eigenvalue weighted by atomic mass is 9.97. The molecule has 3 amide bonds. The minimum Gasteiger partial charge on any atom is -0.480 e. The van der Waals surface area contributed by atoms with E-state index in [0.29, 0.717) is 5.56 Å². The molecular formula is C31H23F2N3O5. The van der Waals surface area contributed by atoms with Crippen molar-refractivity contribution in [2.75, 3.05) is 10.2 Å². The van der Waals surface area contributed by atoms with E-state index in [1.54, 1.807) is 60.7 Å². The number of hydrogen-bond acceptors (Lipinski definition) is 4. The molecule has 1 aliphatic rings. The third-order valence-corrected chi connectivity index (χ3v) is 6.67. The van der Waals surface area contributed by atoms with Crippen LogP contribution in [0.5, 0.6) is 0 Å². The van der Waals surface area contributed by atoms with Gasteiger partial charge in [0, 0.05) is 17.5 Å². The van der Waals surface area contributed by atoms with Crippen LogP contribution >= 0.6 is 0 Å². The molecular weight excluding hydrogens is 532 g/mol. The van der Waals surface area contributed by atoms with Gasteiger partial charge in [-0.15, -0.1) is 0 Å². The predicted octanol–water partition coefficient (Wildman–Crippen LogP) is 4.73. The van der Waals surface area contributed by atoms with Crippen molar-refractivity contribution < 1.29 is 33.1 Å². The first-order valence-electron chi connectivity index (χ1n) is 12.6. The summed E-state index contributed by atoms with van der Waals surface area (Å²) in [6.07, 6.45) is 0.0544. The Morgan fingerprint density at radius 2 is 1.51 bits per heavy atom. The summed E-state index contributed by atoms with van der Waals surface area (Å²) in [5.41, 5.74) is 1.37. The van der Waals surface area contributed by atoms with E-state index in [1.165, 1.54) is 18.2 Å². The number of hydrogen-bond donors (Lipinski definition) is 3. The van der Waals surface area contributed by atoms with E-state index < -0.39 is 47.4 Å². The fraction of sp³-hybridized carbons (Fsp3) is 0.0968. The molecule has 2 atom stereocenters. The summed E-state index contributed by atoms with van der Waals surface area (Å²) in [5, 5.41) is 14.9. The van der Waals surface area contributed by atoms with Crippen LogP contribution in [0.1, 0.15) is 37.9 Å². The van der Waals surface area contributed by atoms with Crippen LogP contribution in [0, 0.1) is 11.6 Å². The van der Waals surface area contributed by atoms with E-state index in [-0.39, 0.29) is 28.9 Å². The molecule has 10 heteroatoms. The predicted molar refractivity (Wildman–Crippen MR) is 146 cm³/mol. The molecule has 0 radical (unpaired) electrons. The molecule has 8 nitrogen and oxygen atoms in total. The fourth-order valence-corrected chi connectivity index (χ4v) is 4.67. The molecule has 2 unspecified atom stereocenters. The van der Waals surface area contributed by atoms with Crippen LogP contribution in [-0.2, 0) is 16.0 Å². The maximum Gasteiger partial charge on any atom is 0.326 e. The van der Waals surface area contributed by atoms with Crippen LogP contribution in [0.15, 0.2) is 97.1 Å². The standard InChI is InChI=1S/C31H23F2N3O5/c32-22-13-11-21(16-23(22)33)30(39)36-26-14-12-20(17-24(26)34-29(38)27(36)19-9-5-2-6-10-19)28(37)35-25(31(40)41)15-18-7-3-1-4-8-18/h1-14,16-17,25,27H,15H2,(H,34,38)(H,35,37)(H,40,41). The quantitative estimate of drug-likeness (QED) is 0.305. The Morgan fingerprint density at radius 3 is 2.17 bits per heavy atom. The van der Waals surface area contributed by atoms with Crippen molar-refractivity contribution in [2.24, 2.45) is 0 Å². The number of nitrogens with one attached hydrogen (secondary N) is 2. The van der Waals surface area contributed by atoms with Gasteiger partial charge >= 0.3 is 5.97 Å². The minimum absolute atomic E-state index is 0.0433. The van der Waals surface area contributed by atoms with Gasteiger partial charge in [-0.3, -0.25) is 19.3 Å². The van der Waals surface area contributed by atoms with Gasteiger partial charge in [-0.25, -0.2) is 13.6 Å². The van der Waals surface area contributed by atoms with E-state index in [4.69, 9.17) is 0 Å². The van der Waals surface area contributed by atoms with Crippen molar-refractivity contribution >= 4 is 35.1 Å². The summed E-state index contributed by atoms with van der Waals surface area (Å²) in [4.78, 5) is 53.1. The number of fused-ring (bicyclic) bond motifs is 1. The molecule has 41 heavy (non-hydrogen) atoms. The molecule has 1 aliphatic heterocycles. The second-order valence-electron chi connectivity index (χ2n) is 9.39. The topological polar surface area (TPSA) is 116 Å². The van der Waals surface area contributed by atoms with Crippen molar-refractivity contribution in [1.82, 2.24) is 5.32 Å². The molecule has 4 aromatic rings. The Morgan fingerprint density at radius 1 is 0.854 bits per heavy atom. The van der Waals surface area contributed by atoms with E-state index in [0.717, 1.165) is 28.7 Å². The SMILES string of the molecule is O=C(NC(Cc1ccccc1)C(=O)O)c1ccc2c(c1)NC(=O)C(c1ccccc1)N2C(=O)c1ccc(F)c(F)c1. The first kappa shape index (κ1) is 27.2. The molecule has 1 heterocycles. The number of carbonyl (C=O) groups excluding carboxylic acids is 3. The third-order valence-electron chi connectivity index (χ3n) is 6.67. The number of aliphatic carboxylic acids is 1. The largest absolute Gasteiger partial charge is 0.480 e. The van der Waals surface area contributed by atoms with Gasteiger partial charge in [0.15, 0.2) is 11.6 Å². The van der Waals surface area contributed by atoms with Crippen molar-refractivity contribution in [3.63, 3.8) is 0 Å². The van der Waals surface area contributed by atoms with Gasteiger partial charge in [0.1, 0.15) is 12.1 Å². The number of nitrogens with zero attached hydrogens (tertiary/aromatic N) is 1. The van der Waals surface area contributed by atoms with Crippen LogP contribution in [0.3, 0.4) is 0 Å². The number of amides is 3. The summed E-state index contributed by atoms with van der Waals surface area (Å²) in [5.74, 6) is -5.62. The lowest BCUT2D eigenvalue weighted by Crippen LogP contribution is -2.45. The number of carboxylic acids is 1. The Hall–Kier alpha value is -5.38. The number of halogens is 2. The van der Waals surface area contributed by atoms with Gasteiger partial charge in [-0.2, -0.15) is 0 Å². The number of anilines is 2. The highest BCUT2D eigenvalue weighted by Gasteiger charge is 2.39. The normalized spacial score (nSPS) is 14.9. The molecule has 3 N–H and O–H groups in total. The Kier molecular flexibility index (Phi) is 7.55. The number of benzene rings is 4. The van der Waals surface area contributed by atoms with Crippen molar-refractivity contribution in [3.8, 4) is 0 Å². The zero-order valence-corrected chi connectivity index (χ0v) is 21.4. The van der Waals surface area contributed by atoms with Crippen molar-refractivity contribution in [3.05, 3.63) is 131 Å². The summed E-state index contributed by atoms with van der Waals surface area (Å²) < 4.78 is 27.6. The van der Waals surface area contributed by atoms with Crippen molar-refractivity contribution in [2.45, 2.75) is 18.5 Å². The maximum absolute atomic E-state index is 14.0. The third kappa shape index (κ3) is 5.67. The molecule has 5 rings (SSSR count). The number of carbonyl (C=O) groups is 4. The van der Waals surface area contributed by atoms with Crippen LogP contribution in [0.4, 0.5) is 20.2 Å². The highest BCUT2D eigenvalue weighted by Crippen LogP contribution is 2.40. The van der Waals surface area contributed by atoms with E-state index in [1.807, 2.05) is 0 Å². The Bertz CT molecular complexity index is 1650. The first-order chi connectivity index (χ1) is 19.7. The van der Waals surface area contributed by atoms with Crippen LogP contribution < -0.4 is 15.5 Å². The average Bonchev–Trinajstić information content (AvgIpc) is 2.97. The minimum atomic E-state index is -1.22. The van der Waals surface area contributed by atoms with Gasteiger partial charge < -0.3 is 15.7 Å². The zero-order chi connectivity index (χ0) is 29.1. The molecule has 4 aromatic carbocycles. The average molecular weight is 556 g/mol. The van der Waals surface area contributed by atoms with Crippen LogP contribution in [-0.4, -0.2) is 34.8 Å². The number of carboxylic acid groups (broad SMARTS) is 1.